The maximum Gasteiger partial charge on any atom is 0.410 e. The van der Waals surface area contributed by atoms with E-state index in [9.17, 15) is 19.5 Å². The van der Waals surface area contributed by atoms with Gasteiger partial charge in [-0.15, -0.1) is 0 Å². The first-order valence-electron chi connectivity index (χ1n) is 11.1. The fourth-order valence-corrected chi connectivity index (χ4v) is 4.75. The standard InChI is InChI=1S/C23H31N3O6/c1-14-9-16-10-15(5-6-18(16)20(27)31-14)19-13-24-7-8-25(21(28)29)11-17(24)12-26(19)22(30)32-23(2,3)4/h5-6,10,14,17,19H,7-9,11-13H2,1-4H3,(H,28,29)/t14-,17?,19?/m1/s1. The van der Waals surface area contributed by atoms with Crippen molar-refractivity contribution in [3.63, 3.8) is 0 Å². The second kappa shape index (κ2) is 8.27. The molecule has 2 amide bonds. The number of carboxylic acid groups (broad SMARTS) is 1. The molecular formula is C23H31N3O6. The number of rotatable bonds is 1. The van der Waals surface area contributed by atoms with Gasteiger partial charge in [0.1, 0.15) is 11.7 Å². The number of nitrogens with zero attached hydrogens (tertiary/aromatic N) is 3. The van der Waals surface area contributed by atoms with Crippen molar-refractivity contribution in [3.8, 4) is 0 Å². The Bertz CT molecular complexity index is 927. The molecule has 4 rings (SSSR count). The number of ether oxygens (including phenoxy) is 2. The third-order valence-corrected chi connectivity index (χ3v) is 6.24. The van der Waals surface area contributed by atoms with Crippen LogP contribution in [0.15, 0.2) is 18.2 Å². The Balaban J connectivity index is 1.64. The molecule has 9 heteroatoms. The van der Waals surface area contributed by atoms with E-state index in [0.717, 1.165) is 11.1 Å². The maximum absolute atomic E-state index is 13.2. The summed E-state index contributed by atoms with van der Waals surface area (Å²) in [6.07, 6.45) is -0.910. The molecule has 2 fully saturated rings. The van der Waals surface area contributed by atoms with E-state index in [1.165, 1.54) is 4.90 Å². The number of piperazine rings is 2. The largest absolute Gasteiger partial charge is 0.465 e. The number of hydrogen-bond acceptors (Lipinski definition) is 6. The highest BCUT2D eigenvalue weighted by Gasteiger charge is 2.42. The lowest BCUT2D eigenvalue weighted by Crippen LogP contribution is -2.64. The molecule has 0 radical (unpaired) electrons. The minimum absolute atomic E-state index is 0.0868. The molecule has 2 saturated heterocycles. The maximum atomic E-state index is 13.2. The van der Waals surface area contributed by atoms with Gasteiger partial charge in [-0.3, -0.25) is 9.80 Å². The SMILES string of the molecule is C[C@@H]1Cc2cc(C3CN4CCN(C(=O)O)CC4CN3C(=O)OC(C)(C)C)ccc2C(=O)O1. The smallest absolute Gasteiger partial charge is 0.410 e. The highest BCUT2D eigenvalue weighted by molar-refractivity contribution is 5.92. The Morgan fingerprint density at radius 1 is 1.16 bits per heavy atom. The molecule has 0 saturated carbocycles. The highest BCUT2D eigenvalue weighted by Crippen LogP contribution is 2.33. The molecule has 1 aromatic rings. The van der Waals surface area contributed by atoms with E-state index < -0.39 is 17.8 Å². The van der Waals surface area contributed by atoms with Crippen LogP contribution in [-0.4, -0.2) is 88.4 Å². The van der Waals surface area contributed by atoms with Crippen LogP contribution < -0.4 is 0 Å². The molecular weight excluding hydrogens is 414 g/mol. The predicted molar refractivity (Wildman–Crippen MR) is 116 cm³/mol. The van der Waals surface area contributed by atoms with Crippen LogP contribution in [0.1, 0.15) is 55.2 Å². The number of benzene rings is 1. The lowest BCUT2D eigenvalue weighted by molar-refractivity contribution is -0.0341. The molecule has 0 spiro atoms. The van der Waals surface area contributed by atoms with Crippen molar-refractivity contribution < 1.29 is 29.0 Å². The zero-order valence-electron chi connectivity index (χ0n) is 19.0. The molecule has 174 valence electrons. The van der Waals surface area contributed by atoms with Crippen LogP contribution in [0.5, 0.6) is 0 Å². The van der Waals surface area contributed by atoms with E-state index in [0.29, 0.717) is 44.7 Å². The van der Waals surface area contributed by atoms with Gasteiger partial charge in [0.15, 0.2) is 0 Å². The molecule has 3 aliphatic heterocycles. The molecule has 3 aliphatic rings. The normalized spacial score (nSPS) is 26.1. The molecule has 0 aromatic heterocycles. The summed E-state index contributed by atoms with van der Waals surface area (Å²) in [5, 5.41) is 9.41. The van der Waals surface area contributed by atoms with Crippen molar-refractivity contribution in [1.82, 2.24) is 14.7 Å². The second-order valence-electron chi connectivity index (χ2n) is 9.86. The quantitative estimate of drug-likeness (QED) is 0.664. The third kappa shape index (κ3) is 4.53. The van der Waals surface area contributed by atoms with E-state index in [1.807, 2.05) is 39.8 Å². The monoisotopic (exact) mass is 445 g/mol. The lowest BCUT2D eigenvalue weighted by atomic mass is 9.92. The molecule has 3 heterocycles. The van der Waals surface area contributed by atoms with Gasteiger partial charge in [0.05, 0.1) is 11.6 Å². The van der Waals surface area contributed by atoms with Gasteiger partial charge in [0.2, 0.25) is 0 Å². The molecule has 2 unspecified atom stereocenters. The van der Waals surface area contributed by atoms with Crippen molar-refractivity contribution in [1.29, 1.82) is 0 Å². The Morgan fingerprint density at radius 3 is 2.59 bits per heavy atom. The van der Waals surface area contributed by atoms with E-state index in [2.05, 4.69) is 4.90 Å². The first-order chi connectivity index (χ1) is 15.0. The summed E-state index contributed by atoms with van der Waals surface area (Å²) in [4.78, 5) is 42.2. The zero-order valence-corrected chi connectivity index (χ0v) is 19.0. The molecule has 0 bridgehead atoms. The van der Waals surface area contributed by atoms with Crippen LogP contribution in [0.4, 0.5) is 9.59 Å². The Hall–Kier alpha value is -2.81. The van der Waals surface area contributed by atoms with Crippen molar-refractivity contribution in [2.45, 2.75) is 57.9 Å². The minimum Gasteiger partial charge on any atom is -0.465 e. The van der Waals surface area contributed by atoms with E-state index in [1.54, 1.807) is 11.0 Å². The average Bonchev–Trinajstić information content (AvgIpc) is 2.70. The lowest BCUT2D eigenvalue weighted by Gasteiger charge is -2.50. The Morgan fingerprint density at radius 2 is 1.91 bits per heavy atom. The number of carbonyl (C=O) groups is 3. The van der Waals surface area contributed by atoms with Crippen molar-refractivity contribution in [2.75, 3.05) is 32.7 Å². The Kier molecular flexibility index (Phi) is 5.79. The summed E-state index contributed by atoms with van der Waals surface area (Å²) < 4.78 is 11.0. The summed E-state index contributed by atoms with van der Waals surface area (Å²) in [5.74, 6) is -0.317. The predicted octanol–water partition coefficient (Wildman–Crippen LogP) is 2.74. The summed E-state index contributed by atoms with van der Waals surface area (Å²) >= 11 is 0. The number of fused-ring (bicyclic) bond motifs is 2. The molecule has 3 atom stereocenters. The van der Waals surface area contributed by atoms with Crippen molar-refractivity contribution >= 4 is 18.2 Å². The number of cyclic esters (lactones) is 1. The van der Waals surface area contributed by atoms with E-state index >= 15 is 0 Å². The van der Waals surface area contributed by atoms with Gasteiger partial charge >= 0.3 is 18.2 Å². The number of amides is 2. The van der Waals surface area contributed by atoms with Crippen LogP contribution in [0.2, 0.25) is 0 Å². The van der Waals surface area contributed by atoms with Gasteiger partial charge in [-0.05, 0) is 44.9 Å². The molecule has 1 N–H and O–H groups in total. The summed E-state index contributed by atoms with van der Waals surface area (Å²) in [6, 6.07) is 5.32. The van der Waals surface area contributed by atoms with Crippen LogP contribution >= 0.6 is 0 Å². The molecule has 32 heavy (non-hydrogen) atoms. The number of esters is 1. The fourth-order valence-electron chi connectivity index (χ4n) is 4.75. The van der Waals surface area contributed by atoms with Gasteiger partial charge in [0.25, 0.3) is 0 Å². The van der Waals surface area contributed by atoms with Crippen LogP contribution in [0.25, 0.3) is 0 Å². The Labute approximate surface area is 187 Å². The molecule has 1 aromatic carbocycles. The molecule has 9 nitrogen and oxygen atoms in total. The van der Waals surface area contributed by atoms with Gasteiger partial charge in [-0.1, -0.05) is 12.1 Å². The topological polar surface area (TPSA) is 99.6 Å². The van der Waals surface area contributed by atoms with Crippen molar-refractivity contribution in [3.05, 3.63) is 34.9 Å². The first kappa shape index (κ1) is 22.4. The van der Waals surface area contributed by atoms with Gasteiger partial charge < -0.3 is 19.5 Å². The average molecular weight is 446 g/mol. The summed E-state index contributed by atoms with van der Waals surface area (Å²) in [7, 11) is 0. The fraction of sp³-hybridized carbons (Fsp3) is 0.609. The van der Waals surface area contributed by atoms with Crippen LogP contribution in [0.3, 0.4) is 0 Å². The summed E-state index contributed by atoms with van der Waals surface area (Å²) in [5.41, 5.74) is 1.79. The highest BCUT2D eigenvalue weighted by atomic mass is 16.6. The van der Waals surface area contributed by atoms with Gasteiger partial charge in [-0.2, -0.15) is 0 Å². The first-order valence-corrected chi connectivity index (χ1v) is 11.1. The number of carbonyl (C=O) groups excluding carboxylic acids is 2. The molecule has 0 aliphatic carbocycles. The van der Waals surface area contributed by atoms with Gasteiger partial charge in [-0.25, -0.2) is 14.4 Å². The van der Waals surface area contributed by atoms with Gasteiger partial charge in [0, 0.05) is 45.2 Å². The van der Waals surface area contributed by atoms with E-state index in [-0.39, 0.29) is 24.2 Å². The van der Waals surface area contributed by atoms with E-state index in [4.69, 9.17) is 9.47 Å². The minimum atomic E-state index is -0.939. The second-order valence-corrected chi connectivity index (χ2v) is 9.86. The zero-order chi connectivity index (χ0) is 23.2. The number of hydrogen-bond donors (Lipinski definition) is 1. The van der Waals surface area contributed by atoms with Crippen molar-refractivity contribution in [2.24, 2.45) is 0 Å². The van der Waals surface area contributed by atoms with Crippen LogP contribution in [-0.2, 0) is 15.9 Å². The van der Waals surface area contributed by atoms with Crippen LogP contribution in [0, 0.1) is 0 Å². The summed E-state index contributed by atoms with van der Waals surface area (Å²) in [6.45, 7) is 9.72. The third-order valence-electron chi connectivity index (χ3n) is 6.24.